The lowest BCUT2D eigenvalue weighted by Crippen LogP contribution is -1.99. The summed E-state index contributed by atoms with van der Waals surface area (Å²) in [5.41, 5.74) is 3.81. The van der Waals surface area contributed by atoms with Crippen molar-refractivity contribution in [3.05, 3.63) is 83.2 Å². The average molecular weight is 491 g/mol. The first-order chi connectivity index (χ1) is 17.2. The molecule has 0 unspecified atom stereocenters. The molecule has 0 saturated heterocycles. The van der Waals surface area contributed by atoms with E-state index in [2.05, 4.69) is 20.5 Å². The standard InChI is InChI=1S/2C13H15N3O2/c2*1-9-12(13(17)16(3)14-9)10(2)15-18-11-7-5-4-6-8-11/h2*4-8,17H,1-3H3/b2*15-10-. The molecule has 10 nitrogen and oxygen atoms in total. The van der Waals surface area contributed by atoms with Crippen molar-refractivity contribution in [3.8, 4) is 23.3 Å². The van der Waals surface area contributed by atoms with Crippen LogP contribution in [0.4, 0.5) is 0 Å². The molecule has 4 rings (SSSR count). The summed E-state index contributed by atoms with van der Waals surface area (Å²) in [6.45, 7) is 7.17. The Kier molecular flexibility index (Phi) is 8.45. The lowest BCUT2D eigenvalue weighted by Gasteiger charge is -2.01. The molecule has 188 valence electrons. The molecule has 2 aromatic heterocycles. The minimum Gasteiger partial charge on any atom is -0.493 e. The van der Waals surface area contributed by atoms with Gasteiger partial charge in [-0.1, -0.05) is 46.7 Å². The summed E-state index contributed by atoms with van der Waals surface area (Å²) in [7, 11) is 3.36. The Morgan fingerprint density at radius 1 is 0.667 bits per heavy atom. The molecule has 0 bridgehead atoms. The first-order valence-corrected chi connectivity index (χ1v) is 11.2. The van der Waals surface area contributed by atoms with Gasteiger partial charge in [0.2, 0.25) is 11.8 Å². The van der Waals surface area contributed by atoms with Gasteiger partial charge in [0, 0.05) is 14.1 Å². The van der Waals surface area contributed by atoms with Crippen LogP contribution in [-0.2, 0) is 14.1 Å². The molecule has 0 radical (unpaired) electrons. The second kappa shape index (κ2) is 11.7. The Morgan fingerprint density at radius 2 is 1.00 bits per heavy atom. The number of oxime groups is 2. The molecule has 0 fully saturated rings. The Bertz CT molecular complexity index is 1250. The zero-order valence-corrected chi connectivity index (χ0v) is 21.2. The highest BCUT2D eigenvalue weighted by molar-refractivity contribution is 6.01. The minimum atomic E-state index is 0.0883. The van der Waals surface area contributed by atoms with E-state index in [1.54, 1.807) is 27.9 Å². The van der Waals surface area contributed by atoms with Crippen LogP contribution in [0.3, 0.4) is 0 Å². The van der Waals surface area contributed by atoms with Gasteiger partial charge in [0.15, 0.2) is 11.5 Å². The molecule has 0 aliphatic heterocycles. The lowest BCUT2D eigenvalue weighted by atomic mass is 10.2. The number of aryl methyl sites for hydroxylation is 4. The molecule has 10 heteroatoms. The molecule has 2 aromatic carbocycles. The van der Waals surface area contributed by atoms with Gasteiger partial charge in [0.1, 0.15) is 0 Å². The van der Waals surface area contributed by atoms with Crippen molar-refractivity contribution in [1.82, 2.24) is 19.6 Å². The Labute approximate surface area is 209 Å². The third-order valence-corrected chi connectivity index (χ3v) is 5.17. The maximum atomic E-state index is 9.85. The van der Waals surface area contributed by atoms with Crippen LogP contribution in [0, 0.1) is 13.8 Å². The van der Waals surface area contributed by atoms with Crippen molar-refractivity contribution in [3.63, 3.8) is 0 Å². The third-order valence-electron chi connectivity index (χ3n) is 5.17. The van der Waals surface area contributed by atoms with Crippen molar-refractivity contribution >= 4 is 11.4 Å². The molecule has 0 saturated carbocycles. The summed E-state index contributed by atoms with van der Waals surface area (Å²) in [5.74, 6) is 1.48. The fourth-order valence-electron chi connectivity index (χ4n) is 3.44. The van der Waals surface area contributed by atoms with E-state index in [1.165, 1.54) is 9.36 Å². The van der Waals surface area contributed by atoms with E-state index < -0.39 is 0 Å². The van der Waals surface area contributed by atoms with Crippen molar-refractivity contribution in [2.75, 3.05) is 0 Å². The van der Waals surface area contributed by atoms with E-state index in [1.807, 2.05) is 74.5 Å². The largest absolute Gasteiger partial charge is 0.493 e. The van der Waals surface area contributed by atoms with Crippen LogP contribution in [0.5, 0.6) is 23.3 Å². The SMILES string of the molecule is C/C(=N/Oc1ccccc1)c1c(C)nn(C)c1O.C/C(=N/Oc1ccccc1)c1c(C)nn(C)c1O. The monoisotopic (exact) mass is 490 g/mol. The van der Waals surface area contributed by atoms with Gasteiger partial charge in [-0.2, -0.15) is 10.2 Å². The molecule has 36 heavy (non-hydrogen) atoms. The van der Waals surface area contributed by atoms with Crippen LogP contribution < -0.4 is 9.68 Å². The number of para-hydroxylation sites is 2. The molecule has 0 atom stereocenters. The van der Waals surface area contributed by atoms with Gasteiger partial charge in [0.05, 0.1) is 33.9 Å². The number of aromatic nitrogens is 4. The van der Waals surface area contributed by atoms with E-state index in [-0.39, 0.29) is 11.8 Å². The molecule has 0 aliphatic rings. The molecular formula is C26H30N6O4. The highest BCUT2D eigenvalue weighted by atomic mass is 16.6. The minimum absolute atomic E-state index is 0.0883. The zero-order chi connectivity index (χ0) is 26.2. The molecule has 0 amide bonds. The van der Waals surface area contributed by atoms with Crippen molar-refractivity contribution < 1.29 is 19.9 Å². The summed E-state index contributed by atoms with van der Waals surface area (Å²) in [6, 6.07) is 18.5. The molecule has 0 spiro atoms. The van der Waals surface area contributed by atoms with E-state index in [0.29, 0.717) is 45.4 Å². The quantitative estimate of drug-likeness (QED) is 0.304. The average Bonchev–Trinajstić information content (AvgIpc) is 3.28. The summed E-state index contributed by atoms with van der Waals surface area (Å²) >= 11 is 0. The highest BCUT2D eigenvalue weighted by Gasteiger charge is 2.16. The highest BCUT2D eigenvalue weighted by Crippen LogP contribution is 2.22. The Balaban J connectivity index is 0.000000201. The van der Waals surface area contributed by atoms with Crippen LogP contribution in [0.2, 0.25) is 0 Å². The van der Waals surface area contributed by atoms with Crippen molar-refractivity contribution in [2.45, 2.75) is 27.7 Å². The lowest BCUT2D eigenvalue weighted by molar-refractivity contribution is 0.341. The van der Waals surface area contributed by atoms with Gasteiger partial charge >= 0.3 is 0 Å². The topological polar surface area (TPSA) is 119 Å². The number of rotatable bonds is 6. The van der Waals surface area contributed by atoms with Crippen LogP contribution in [0.1, 0.15) is 36.4 Å². The van der Waals surface area contributed by atoms with Crippen molar-refractivity contribution in [1.29, 1.82) is 0 Å². The molecule has 0 aliphatic carbocycles. The van der Waals surface area contributed by atoms with Crippen LogP contribution in [0.25, 0.3) is 0 Å². The number of hydrogen-bond acceptors (Lipinski definition) is 8. The van der Waals surface area contributed by atoms with Gasteiger partial charge in [-0.25, -0.2) is 9.36 Å². The second-order valence-electron chi connectivity index (χ2n) is 7.98. The molecular weight excluding hydrogens is 460 g/mol. The van der Waals surface area contributed by atoms with E-state index >= 15 is 0 Å². The Hall–Kier alpha value is -4.60. The van der Waals surface area contributed by atoms with Gasteiger partial charge in [0.25, 0.3) is 0 Å². The zero-order valence-electron chi connectivity index (χ0n) is 21.2. The maximum absolute atomic E-state index is 9.85. The van der Waals surface area contributed by atoms with Crippen molar-refractivity contribution in [2.24, 2.45) is 24.4 Å². The summed E-state index contributed by atoms with van der Waals surface area (Å²) in [4.78, 5) is 10.6. The van der Waals surface area contributed by atoms with Crippen LogP contribution in [-0.4, -0.2) is 41.2 Å². The van der Waals surface area contributed by atoms with Gasteiger partial charge in [-0.15, -0.1) is 0 Å². The maximum Gasteiger partial charge on any atom is 0.218 e. The normalized spacial score (nSPS) is 11.6. The first kappa shape index (κ1) is 26.0. The van der Waals surface area contributed by atoms with Gasteiger partial charge < -0.3 is 19.9 Å². The fraction of sp³-hybridized carbons (Fsp3) is 0.231. The fourth-order valence-corrected chi connectivity index (χ4v) is 3.44. The smallest absolute Gasteiger partial charge is 0.218 e. The van der Waals surface area contributed by atoms with Crippen LogP contribution >= 0.6 is 0 Å². The van der Waals surface area contributed by atoms with Gasteiger partial charge in [-0.05, 0) is 52.0 Å². The number of nitrogens with zero attached hydrogens (tertiary/aromatic N) is 6. The number of hydrogen-bond donors (Lipinski definition) is 2. The molecule has 2 N–H and O–H groups in total. The number of aromatic hydroxyl groups is 2. The number of benzene rings is 2. The summed E-state index contributed by atoms with van der Waals surface area (Å²) < 4.78 is 2.82. The van der Waals surface area contributed by atoms with E-state index in [4.69, 9.17) is 9.68 Å². The predicted octanol–water partition coefficient (Wildman–Crippen LogP) is 4.47. The molecule has 2 heterocycles. The molecule has 4 aromatic rings. The predicted molar refractivity (Wildman–Crippen MR) is 138 cm³/mol. The summed E-state index contributed by atoms with van der Waals surface area (Å²) in [6.07, 6.45) is 0. The van der Waals surface area contributed by atoms with Gasteiger partial charge in [-0.3, -0.25) is 0 Å². The van der Waals surface area contributed by atoms with Crippen LogP contribution in [0.15, 0.2) is 71.0 Å². The third kappa shape index (κ3) is 6.29. The first-order valence-electron chi connectivity index (χ1n) is 11.2. The second-order valence-corrected chi connectivity index (χ2v) is 7.98. The van der Waals surface area contributed by atoms with E-state index in [9.17, 15) is 10.2 Å². The summed E-state index contributed by atoms with van der Waals surface area (Å²) in [5, 5.41) is 35.9. The Morgan fingerprint density at radius 3 is 1.28 bits per heavy atom. The van der Waals surface area contributed by atoms with E-state index in [0.717, 1.165) is 0 Å².